The van der Waals surface area contributed by atoms with E-state index in [4.69, 9.17) is 11.5 Å². The summed E-state index contributed by atoms with van der Waals surface area (Å²) >= 11 is 0. The minimum atomic E-state index is -0.0379. The quantitative estimate of drug-likeness (QED) is 0.752. The normalized spacial score (nSPS) is 14.1. The first-order valence-electron chi connectivity index (χ1n) is 5.01. The average Bonchev–Trinajstić information content (AvgIpc) is 2.15. The van der Waals surface area contributed by atoms with Crippen molar-refractivity contribution in [3.05, 3.63) is 35.4 Å². The van der Waals surface area contributed by atoms with E-state index in [0.717, 1.165) is 5.56 Å². The van der Waals surface area contributed by atoms with Gasteiger partial charge in [-0.2, -0.15) is 0 Å². The number of nitrogens with two attached hydrogens (primary N) is 2. The van der Waals surface area contributed by atoms with Gasteiger partial charge in [0.1, 0.15) is 0 Å². The fourth-order valence-electron chi connectivity index (χ4n) is 1.37. The van der Waals surface area contributed by atoms with Crippen molar-refractivity contribution in [3.8, 4) is 0 Å². The van der Waals surface area contributed by atoms with Gasteiger partial charge in [-0.3, -0.25) is 0 Å². The number of rotatable bonds is 2. The Hall–Kier alpha value is -0.860. The summed E-state index contributed by atoms with van der Waals surface area (Å²) in [6, 6.07) is 8.36. The van der Waals surface area contributed by atoms with Crippen LogP contribution in [0.25, 0.3) is 0 Å². The van der Waals surface area contributed by atoms with Gasteiger partial charge in [-0.15, -0.1) is 0 Å². The summed E-state index contributed by atoms with van der Waals surface area (Å²) in [7, 11) is 0. The van der Waals surface area contributed by atoms with Crippen molar-refractivity contribution in [2.45, 2.75) is 32.2 Å². The minimum absolute atomic E-state index is 0.0379. The zero-order chi connectivity index (χ0) is 10.8. The van der Waals surface area contributed by atoms with Gasteiger partial charge >= 0.3 is 0 Å². The molecule has 0 aliphatic rings. The third kappa shape index (κ3) is 2.56. The highest BCUT2D eigenvalue weighted by Gasteiger charge is 2.13. The molecule has 78 valence electrons. The fraction of sp³-hybridized carbons (Fsp3) is 0.500. The van der Waals surface area contributed by atoms with E-state index in [1.54, 1.807) is 0 Å². The molecule has 0 heterocycles. The van der Waals surface area contributed by atoms with Crippen molar-refractivity contribution in [3.63, 3.8) is 0 Å². The Bertz CT molecular complexity index is 282. The van der Waals surface area contributed by atoms with Crippen molar-refractivity contribution in [2.24, 2.45) is 11.5 Å². The van der Waals surface area contributed by atoms with Crippen LogP contribution in [0.15, 0.2) is 24.3 Å². The maximum absolute atomic E-state index is 5.83. The van der Waals surface area contributed by atoms with E-state index >= 15 is 0 Å². The molecule has 0 spiro atoms. The molecule has 0 amide bonds. The topological polar surface area (TPSA) is 52.0 Å². The Kier molecular flexibility index (Phi) is 3.29. The van der Waals surface area contributed by atoms with Crippen LogP contribution in [-0.2, 0) is 5.41 Å². The highest BCUT2D eigenvalue weighted by molar-refractivity contribution is 5.29. The summed E-state index contributed by atoms with van der Waals surface area (Å²) in [5.74, 6) is 0. The van der Waals surface area contributed by atoms with Gasteiger partial charge in [0.05, 0.1) is 0 Å². The molecule has 1 atom stereocenters. The standard InChI is InChI=1S/C12H20N2/c1-12(2,3)10-6-4-9(5-7-10)11(14)8-13/h4-7,11H,8,13-14H2,1-3H3. The van der Waals surface area contributed by atoms with Crippen LogP contribution < -0.4 is 11.5 Å². The maximum atomic E-state index is 5.83. The van der Waals surface area contributed by atoms with E-state index in [2.05, 4.69) is 45.0 Å². The van der Waals surface area contributed by atoms with Crippen LogP contribution in [0.3, 0.4) is 0 Å². The second kappa shape index (κ2) is 4.11. The SMILES string of the molecule is CC(C)(C)c1ccc(C(N)CN)cc1. The number of hydrogen-bond donors (Lipinski definition) is 2. The molecule has 14 heavy (non-hydrogen) atoms. The lowest BCUT2D eigenvalue weighted by molar-refractivity contribution is 0.589. The molecule has 1 aromatic rings. The van der Waals surface area contributed by atoms with Crippen LogP contribution in [0.1, 0.15) is 37.9 Å². The number of benzene rings is 1. The molecule has 2 heteroatoms. The Morgan fingerprint density at radius 2 is 1.64 bits per heavy atom. The van der Waals surface area contributed by atoms with E-state index in [1.165, 1.54) is 5.56 Å². The minimum Gasteiger partial charge on any atom is -0.329 e. The molecule has 1 rings (SSSR count). The molecule has 1 unspecified atom stereocenters. The van der Waals surface area contributed by atoms with Crippen molar-refractivity contribution in [2.75, 3.05) is 6.54 Å². The molecule has 0 aliphatic carbocycles. The zero-order valence-corrected chi connectivity index (χ0v) is 9.25. The van der Waals surface area contributed by atoms with Gasteiger partial charge in [0.25, 0.3) is 0 Å². The third-order valence-corrected chi connectivity index (χ3v) is 2.46. The largest absolute Gasteiger partial charge is 0.329 e. The first-order valence-corrected chi connectivity index (χ1v) is 5.01. The molecule has 0 fully saturated rings. The van der Waals surface area contributed by atoms with Crippen LogP contribution in [0.4, 0.5) is 0 Å². The molecule has 2 nitrogen and oxygen atoms in total. The van der Waals surface area contributed by atoms with E-state index in [1.807, 2.05) is 0 Å². The molecule has 4 N–H and O–H groups in total. The summed E-state index contributed by atoms with van der Waals surface area (Å²) in [5.41, 5.74) is 14.0. The van der Waals surface area contributed by atoms with Gasteiger partial charge in [-0.25, -0.2) is 0 Å². The summed E-state index contributed by atoms with van der Waals surface area (Å²) in [6.45, 7) is 7.09. The molecule has 1 aromatic carbocycles. The Labute approximate surface area is 86.3 Å². The molecular formula is C12H20N2. The summed E-state index contributed by atoms with van der Waals surface area (Å²) in [5, 5.41) is 0. The predicted octanol–water partition coefficient (Wildman–Crippen LogP) is 1.94. The Morgan fingerprint density at radius 3 is 2.00 bits per heavy atom. The van der Waals surface area contributed by atoms with Crippen LogP contribution >= 0.6 is 0 Å². The third-order valence-electron chi connectivity index (χ3n) is 2.46. The molecule has 0 radical (unpaired) electrons. The second-order valence-corrected chi connectivity index (χ2v) is 4.71. The summed E-state index contributed by atoms with van der Waals surface area (Å²) in [6.07, 6.45) is 0. The molecule has 0 bridgehead atoms. The Balaban J connectivity index is 2.89. The van der Waals surface area contributed by atoms with Gasteiger partial charge in [0, 0.05) is 12.6 Å². The second-order valence-electron chi connectivity index (χ2n) is 4.71. The summed E-state index contributed by atoms with van der Waals surface area (Å²) < 4.78 is 0. The van der Waals surface area contributed by atoms with Crippen molar-refractivity contribution in [1.29, 1.82) is 0 Å². The van der Waals surface area contributed by atoms with Crippen molar-refractivity contribution < 1.29 is 0 Å². The lowest BCUT2D eigenvalue weighted by Gasteiger charge is -2.20. The van der Waals surface area contributed by atoms with E-state index in [-0.39, 0.29) is 11.5 Å². The van der Waals surface area contributed by atoms with Crippen molar-refractivity contribution in [1.82, 2.24) is 0 Å². The van der Waals surface area contributed by atoms with Gasteiger partial charge < -0.3 is 11.5 Å². The first kappa shape index (κ1) is 11.2. The molecule has 0 aromatic heterocycles. The fourth-order valence-corrected chi connectivity index (χ4v) is 1.37. The van der Waals surface area contributed by atoms with Crippen LogP contribution in [0.5, 0.6) is 0 Å². The van der Waals surface area contributed by atoms with Gasteiger partial charge in [0.15, 0.2) is 0 Å². The molecule has 0 aliphatic heterocycles. The Morgan fingerprint density at radius 1 is 1.14 bits per heavy atom. The zero-order valence-electron chi connectivity index (χ0n) is 9.25. The van der Waals surface area contributed by atoms with E-state index in [9.17, 15) is 0 Å². The smallest absolute Gasteiger partial charge is 0.0419 e. The van der Waals surface area contributed by atoms with Crippen LogP contribution in [0.2, 0.25) is 0 Å². The molecular weight excluding hydrogens is 172 g/mol. The summed E-state index contributed by atoms with van der Waals surface area (Å²) in [4.78, 5) is 0. The van der Waals surface area contributed by atoms with E-state index in [0.29, 0.717) is 6.54 Å². The number of hydrogen-bond acceptors (Lipinski definition) is 2. The average molecular weight is 192 g/mol. The highest BCUT2D eigenvalue weighted by atomic mass is 14.7. The predicted molar refractivity (Wildman–Crippen MR) is 61.1 cm³/mol. The lowest BCUT2D eigenvalue weighted by atomic mass is 9.86. The lowest BCUT2D eigenvalue weighted by Crippen LogP contribution is -2.21. The van der Waals surface area contributed by atoms with Crippen LogP contribution in [-0.4, -0.2) is 6.54 Å². The van der Waals surface area contributed by atoms with E-state index < -0.39 is 0 Å². The van der Waals surface area contributed by atoms with Gasteiger partial charge in [0.2, 0.25) is 0 Å². The van der Waals surface area contributed by atoms with Gasteiger partial charge in [-0.1, -0.05) is 45.0 Å². The van der Waals surface area contributed by atoms with Crippen LogP contribution in [0, 0.1) is 0 Å². The van der Waals surface area contributed by atoms with Crippen molar-refractivity contribution >= 4 is 0 Å². The first-order chi connectivity index (χ1) is 6.45. The highest BCUT2D eigenvalue weighted by Crippen LogP contribution is 2.23. The maximum Gasteiger partial charge on any atom is 0.0419 e. The monoisotopic (exact) mass is 192 g/mol. The molecule has 0 saturated heterocycles. The van der Waals surface area contributed by atoms with Gasteiger partial charge in [-0.05, 0) is 16.5 Å². The molecule has 0 saturated carbocycles.